The lowest BCUT2D eigenvalue weighted by Gasteiger charge is -2.26. The van der Waals surface area contributed by atoms with Gasteiger partial charge in [-0.25, -0.2) is 0 Å². The van der Waals surface area contributed by atoms with Crippen molar-refractivity contribution in [2.24, 2.45) is 5.92 Å². The van der Waals surface area contributed by atoms with Crippen LogP contribution in [0.5, 0.6) is 0 Å². The lowest BCUT2D eigenvalue weighted by Crippen LogP contribution is -2.16. The first kappa shape index (κ1) is 23.0. The summed E-state index contributed by atoms with van der Waals surface area (Å²) in [6.07, 6.45) is 8.55. The summed E-state index contributed by atoms with van der Waals surface area (Å²) in [4.78, 5) is 0. The highest BCUT2D eigenvalue weighted by Crippen LogP contribution is 2.32. The third kappa shape index (κ3) is 5.78. The first-order valence-electron chi connectivity index (χ1n) is 12.6. The number of hydrogen-bond acceptors (Lipinski definition) is 0. The Labute approximate surface area is 200 Å². The summed E-state index contributed by atoms with van der Waals surface area (Å²) in [6, 6.07) is 21.4. The number of rotatable bonds is 4. The Morgan fingerprint density at radius 3 is 1.88 bits per heavy atom. The Kier molecular flexibility index (Phi) is 7.70. The number of fused-ring (bicyclic) bond motifs is 1. The highest BCUT2D eigenvalue weighted by molar-refractivity contribution is 5.53. The van der Waals surface area contributed by atoms with Crippen LogP contribution in [0.4, 0.5) is 0 Å². The lowest BCUT2D eigenvalue weighted by atomic mass is 9.78. The molecule has 0 heteroatoms. The van der Waals surface area contributed by atoms with E-state index in [-0.39, 0.29) is 0 Å². The van der Waals surface area contributed by atoms with Gasteiger partial charge in [0.25, 0.3) is 0 Å². The lowest BCUT2D eigenvalue weighted by molar-refractivity contribution is 0.421. The predicted octanol–water partition coefficient (Wildman–Crippen LogP) is 7.52. The summed E-state index contributed by atoms with van der Waals surface area (Å²) >= 11 is 0. The smallest absolute Gasteiger partial charge is 0.0283 e. The Bertz CT molecular complexity index is 1200. The third-order valence-electron chi connectivity index (χ3n) is 6.83. The fraction of sp³-hybridized carbons (Fsp3) is 0.333. The topological polar surface area (TPSA) is 0 Å². The summed E-state index contributed by atoms with van der Waals surface area (Å²) in [5.41, 5.74) is 10.3. The van der Waals surface area contributed by atoms with Crippen LogP contribution < -0.4 is 0 Å². The molecule has 0 N–H and O–H groups in total. The molecule has 0 radical (unpaired) electrons. The average molecular weight is 431 g/mol. The SMILES string of the molecule is CCCC1CCc2c(ccc(C#Cc3ccc(C#Cc4ccc(CC)cc4)cc3)c2CC)C1. The zero-order valence-corrected chi connectivity index (χ0v) is 20.3. The first-order chi connectivity index (χ1) is 16.2. The molecule has 1 aliphatic rings. The Balaban J connectivity index is 1.49. The van der Waals surface area contributed by atoms with Crippen LogP contribution in [0.1, 0.15) is 84.5 Å². The van der Waals surface area contributed by atoms with E-state index in [0.717, 1.165) is 35.4 Å². The van der Waals surface area contributed by atoms with Gasteiger partial charge in [-0.15, -0.1) is 0 Å². The largest absolute Gasteiger partial charge is 0.0654 e. The quantitative estimate of drug-likeness (QED) is 0.376. The van der Waals surface area contributed by atoms with E-state index in [4.69, 9.17) is 0 Å². The highest BCUT2D eigenvalue weighted by atomic mass is 14.3. The zero-order chi connectivity index (χ0) is 23.0. The van der Waals surface area contributed by atoms with Gasteiger partial charge in [0.1, 0.15) is 0 Å². The molecular formula is C33H34. The van der Waals surface area contributed by atoms with Crippen molar-refractivity contribution >= 4 is 0 Å². The molecule has 3 aromatic rings. The summed E-state index contributed by atoms with van der Waals surface area (Å²) in [5.74, 6) is 14.2. The van der Waals surface area contributed by atoms with Gasteiger partial charge in [-0.2, -0.15) is 0 Å². The zero-order valence-electron chi connectivity index (χ0n) is 20.3. The minimum Gasteiger partial charge on any atom is -0.0654 e. The van der Waals surface area contributed by atoms with Crippen LogP contribution in [-0.2, 0) is 25.7 Å². The molecule has 0 aliphatic heterocycles. The molecule has 0 spiro atoms. The van der Waals surface area contributed by atoms with Crippen molar-refractivity contribution in [2.45, 2.75) is 65.7 Å². The second kappa shape index (κ2) is 11.1. The maximum Gasteiger partial charge on any atom is 0.0283 e. The van der Waals surface area contributed by atoms with E-state index in [9.17, 15) is 0 Å². The molecule has 1 aliphatic carbocycles. The molecule has 166 valence electrons. The fourth-order valence-electron chi connectivity index (χ4n) is 4.93. The van der Waals surface area contributed by atoms with Crippen molar-refractivity contribution < 1.29 is 0 Å². The Hall–Kier alpha value is -3.22. The summed E-state index contributed by atoms with van der Waals surface area (Å²) < 4.78 is 0. The highest BCUT2D eigenvalue weighted by Gasteiger charge is 2.21. The van der Waals surface area contributed by atoms with Crippen molar-refractivity contribution in [3.8, 4) is 23.7 Å². The molecule has 0 bridgehead atoms. The molecule has 0 heterocycles. The summed E-state index contributed by atoms with van der Waals surface area (Å²) in [7, 11) is 0. The van der Waals surface area contributed by atoms with Gasteiger partial charge in [0.15, 0.2) is 0 Å². The van der Waals surface area contributed by atoms with Crippen LogP contribution in [0.2, 0.25) is 0 Å². The van der Waals surface area contributed by atoms with Crippen molar-refractivity contribution in [1.29, 1.82) is 0 Å². The van der Waals surface area contributed by atoms with E-state index in [2.05, 4.69) is 105 Å². The van der Waals surface area contributed by atoms with Gasteiger partial charge in [-0.1, -0.05) is 75.5 Å². The van der Waals surface area contributed by atoms with Crippen molar-refractivity contribution in [1.82, 2.24) is 0 Å². The minimum atomic E-state index is 0.862. The second-order valence-electron chi connectivity index (χ2n) is 9.11. The number of hydrogen-bond donors (Lipinski definition) is 0. The molecule has 33 heavy (non-hydrogen) atoms. The number of benzene rings is 3. The molecule has 1 atom stereocenters. The average Bonchev–Trinajstić information content (AvgIpc) is 2.87. The molecular weight excluding hydrogens is 396 g/mol. The van der Waals surface area contributed by atoms with E-state index < -0.39 is 0 Å². The van der Waals surface area contributed by atoms with Gasteiger partial charge >= 0.3 is 0 Å². The van der Waals surface area contributed by atoms with Gasteiger partial charge in [-0.05, 0) is 103 Å². The van der Waals surface area contributed by atoms with Crippen LogP contribution in [0.15, 0.2) is 60.7 Å². The maximum atomic E-state index is 3.47. The molecule has 4 rings (SSSR count). The number of aryl methyl sites for hydroxylation is 1. The van der Waals surface area contributed by atoms with E-state index in [0.29, 0.717) is 0 Å². The Morgan fingerprint density at radius 2 is 1.30 bits per heavy atom. The van der Waals surface area contributed by atoms with E-state index in [1.807, 2.05) is 0 Å². The fourth-order valence-corrected chi connectivity index (χ4v) is 4.93. The maximum absolute atomic E-state index is 3.47. The minimum absolute atomic E-state index is 0.862. The molecule has 0 nitrogen and oxygen atoms in total. The predicted molar refractivity (Wildman–Crippen MR) is 140 cm³/mol. The van der Waals surface area contributed by atoms with Crippen molar-refractivity contribution in [2.75, 3.05) is 0 Å². The van der Waals surface area contributed by atoms with Crippen LogP contribution in [0.3, 0.4) is 0 Å². The molecule has 3 aromatic carbocycles. The molecule has 0 fully saturated rings. The van der Waals surface area contributed by atoms with Crippen LogP contribution in [-0.4, -0.2) is 0 Å². The van der Waals surface area contributed by atoms with E-state index >= 15 is 0 Å². The third-order valence-corrected chi connectivity index (χ3v) is 6.83. The molecule has 0 aromatic heterocycles. The van der Waals surface area contributed by atoms with Gasteiger partial charge in [0, 0.05) is 22.3 Å². The second-order valence-corrected chi connectivity index (χ2v) is 9.11. The first-order valence-corrected chi connectivity index (χ1v) is 12.6. The van der Waals surface area contributed by atoms with E-state index in [1.54, 1.807) is 11.1 Å². The Morgan fingerprint density at radius 1 is 0.697 bits per heavy atom. The van der Waals surface area contributed by atoms with E-state index in [1.165, 1.54) is 48.8 Å². The van der Waals surface area contributed by atoms with Gasteiger partial charge in [-0.3, -0.25) is 0 Å². The van der Waals surface area contributed by atoms with Gasteiger partial charge < -0.3 is 0 Å². The van der Waals surface area contributed by atoms with Gasteiger partial charge in [0.05, 0.1) is 0 Å². The summed E-state index contributed by atoms with van der Waals surface area (Å²) in [6.45, 7) is 6.74. The molecule has 0 saturated heterocycles. The molecule has 1 unspecified atom stereocenters. The molecule has 0 amide bonds. The van der Waals surface area contributed by atoms with Gasteiger partial charge in [0.2, 0.25) is 0 Å². The summed E-state index contributed by atoms with van der Waals surface area (Å²) in [5, 5.41) is 0. The standard InChI is InChI=1S/C33H34/c1-4-7-29-19-23-33-31(24-29)22-21-30(32(33)6-3)20-18-28-16-14-27(15-17-28)13-12-26-10-8-25(5-2)9-11-26/h8-11,14-17,21-22,29H,4-7,19,23-24H2,1-3H3. The normalized spacial score (nSPS) is 14.5. The van der Waals surface area contributed by atoms with Crippen molar-refractivity contribution in [3.05, 3.63) is 105 Å². The van der Waals surface area contributed by atoms with Crippen molar-refractivity contribution in [3.63, 3.8) is 0 Å². The van der Waals surface area contributed by atoms with Crippen LogP contribution >= 0.6 is 0 Å². The monoisotopic (exact) mass is 430 g/mol. The molecule has 0 saturated carbocycles. The van der Waals surface area contributed by atoms with Crippen LogP contribution in [0, 0.1) is 29.6 Å². The van der Waals surface area contributed by atoms with Crippen LogP contribution in [0.25, 0.3) is 0 Å².